The van der Waals surface area contributed by atoms with E-state index < -0.39 is 17.8 Å². The molecule has 0 radical (unpaired) electrons. The molecule has 0 saturated carbocycles. The number of halogens is 1. The highest BCUT2D eigenvalue weighted by Crippen LogP contribution is 2.29. The minimum atomic E-state index is -1.05. The van der Waals surface area contributed by atoms with Crippen LogP contribution >= 0.6 is 23.4 Å². The van der Waals surface area contributed by atoms with Gasteiger partial charge in [0.2, 0.25) is 0 Å². The lowest BCUT2D eigenvalue weighted by Gasteiger charge is -2.14. The molecule has 1 aromatic carbocycles. The molecule has 0 spiro atoms. The van der Waals surface area contributed by atoms with E-state index in [1.54, 1.807) is 24.3 Å². The minimum absolute atomic E-state index is 0.127. The molecule has 0 atom stereocenters. The Morgan fingerprint density at radius 3 is 2.47 bits per heavy atom. The molecule has 1 aliphatic heterocycles. The Morgan fingerprint density at radius 2 is 1.89 bits per heavy atom. The van der Waals surface area contributed by atoms with Gasteiger partial charge in [0.25, 0.3) is 11.8 Å². The molecule has 1 N–H and O–H groups in total. The van der Waals surface area contributed by atoms with Gasteiger partial charge < -0.3 is 5.11 Å². The summed E-state index contributed by atoms with van der Waals surface area (Å²) in [6.07, 6.45) is 1.14. The molecule has 0 unspecified atom stereocenters. The molecule has 1 aliphatic rings. The Balaban J connectivity index is 2.18. The SMILES string of the molecule is O=C(O)CSC1=CC(=O)N(c2ccc(Cl)cc2)C1=O. The first-order valence-electron chi connectivity index (χ1n) is 5.19. The third kappa shape index (κ3) is 2.97. The van der Waals surface area contributed by atoms with Crippen LogP contribution in [-0.4, -0.2) is 28.6 Å². The highest BCUT2D eigenvalue weighted by Gasteiger charge is 2.32. The number of imide groups is 1. The van der Waals surface area contributed by atoms with Crippen molar-refractivity contribution in [2.45, 2.75) is 0 Å². The largest absolute Gasteiger partial charge is 0.481 e. The van der Waals surface area contributed by atoms with Crippen LogP contribution in [0.25, 0.3) is 0 Å². The topological polar surface area (TPSA) is 74.7 Å². The molecule has 2 rings (SSSR count). The number of carboxylic acids is 1. The monoisotopic (exact) mass is 297 g/mol. The average molecular weight is 298 g/mol. The van der Waals surface area contributed by atoms with Crippen molar-refractivity contribution in [3.05, 3.63) is 40.3 Å². The number of benzene rings is 1. The standard InChI is InChI=1S/C12H8ClNO4S/c13-7-1-3-8(4-2-7)14-10(15)5-9(12(14)18)19-6-11(16)17/h1-5H,6H2,(H,16,17). The molecule has 2 amide bonds. The maximum absolute atomic E-state index is 12.0. The van der Waals surface area contributed by atoms with E-state index in [0.717, 1.165) is 22.7 Å². The van der Waals surface area contributed by atoms with Crippen molar-refractivity contribution in [2.75, 3.05) is 10.7 Å². The molecular weight excluding hydrogens is 290 g/mol. The van der Waals surface area contributed by atoms with Gasteiger partial charge in [-0.3, -0.25) is 14.4 Å². The van der Waals surface area contributed by atoms with Crippen molar-refractivity contribution in [1.82, 2.24) is 0 Å². The van der Waals surface area contributed by atoms with Gasteiger partial charge in [0.15, 0.2) is 0 Å². The lowest BCUT2D eigenvalue weighted by atomic mass is 10.3. The molecule has 0 saturated heterocycles. The molecule has 98 valence electrons. The summed E-state index contributed by atoms with van der Waals surface area (Å²) >= 11 is 6.56. The third-order valence-corrected chi connectivity index (χ3v) is 3.57. The Bertz CT molecular complexity index is 582. The van der Waals surface area contributed by atoms with Crippen LogP contribution in [0.5, 0.6) is 0 Å². The van der Waals surface area contributed by atoms with Crippen LogP contribution in [0.3, 0.4) is 0 Å². The summed E-state index contributed by atoms with van der Waals surface area (Å²) in [7, 11) is 0. The molecule has 0 bridgehead atoms. The van der Waals surface area contributed by atoms with Gasteiger partial charge in [0.05, 0.1) is 16.3 Å². The number of hydrogen-bond donors (Lipinski definition) is 1. The van der Waals surface area contributed by atoms with E-state index >= 15 is 0 Å². The zero-order valence-corrected chi connectivity index (χ0v) is 11.1. The van der Waals surface area contributed by atoms with Crippen LogP contribution in [-0.2, 0) is 14.4 Å². The van der Waals surface area contributed by atoms with E-state index in [9.17, 15) is 14.4 Å². The molecule has 0 aromatic heterocycles. The number of amides is 2. The van der Waals surface area contributed by atoms with Crippen molar-refractivity contribution in [1.29, 1.82) is 0 Å². The van der Waals surface area contributed by atoms with Crippen LogP contribution < -0.4 is 4.90 Å². The van der Waals surface area contributed by atoms with Crippen LogP contribution in [0.15, 0.2) is 35.2 Å². The van der Waals surface area contributed by atoms with Gasteiger partial charge in [-0.2, -0.15) is 0 Å². The number of carbonyl (C=O) groups is 3. The number of thioether (sulfide) groups is 1. The quantitative estimate of drug-likeness (QED) is 0.859. The van der Waals surface area contributed by atoms with E-state index in [2.05, 4.69) is 0 Å². The number of anilines is 1. The van der Waals surface area contributed by atoms with Crippen LogP contribution in [0, 0.1) is 0 Å². The van der Waals surface area contributed by atoms with Gasteiger partial charge in [0.1, 0.15) is 0 Å². The predicted molar refractivity (Wildman–Crippen MR) is 72.1 cm³/mol. The van der Waals surface area contributed by atoms with Crippen LogP contribution in [0.1, 0.15) is 0 Å². The highest BCUT2D eigenvalue weighted by atomic mass is 35.5. The summed E-state index contributed by atoms with van der Waals surface area (Å²) < 4.78 is 0. The van der Waals surface area contributed by atoms with Crippen molar-refractivity contribution in [2.24, 2.45) is 0 Å². The van der Waals surface area contributed by atoms with Crippen molar-refractivity contribution >= 4 is 46.8 Å². The van der Waals surface area contributed by atoms with Crippen LogP contribution in [0.4, 0.5) is 5.69 Å². The first kappa shape index (κ1) is 13.6. The zero-order valence-electron chi connectivity index (χ0n) is 9.50. The number of carboxylic acid groups (broad SMARTS) is 1. The predicted octanol–water partition coefficient (Wildman–Crippen LogP) is 1.91. The maximum Gasteiger partial charge on any atom is 0.313 e. The Hall–Kier alpha value is -1.79. The molecule has 7 heteroatoms. The fourth-order valence-electron chi connectivity index (χ4n) is 1.53. The Kier molecular flexibility index (Phi) is 3.92. The van der Waals surface area contributed by atoms with Gasteiger partial charge in [-0.15, -0.1) is 11.8 Å². The molecule has 1 aromatic rings. The lowest BCUT2D eigenvalue weighted by molar-refractivity contribution is -0.134. The number of rotatable bonds is 4. The normalized spacial score (nSPS) is 14.8. The summed E-state index contributed by atoms with van der Waals surface area (Å²) in [5.41, 5.74) is 0.404. The fourth-order valence-corrected chi connectivity index (χ4v) is 2.33. The Morgan fingerprint density at radius 1 is 1.26 bits per heavy atom. The second-order valence-electron chi connectivity index (χ2n) is 3.65. The van der Waals surface area contributed by atoms with Crippen molar-refractivity contribution in [3.63, 3.8) is 0 Å². The molecule has 5 nitrogen and oxygen atoms in total. The van der Waals surface area contributed by atoms with Gasteiger partial charge in [-0.25, -0.2) is 4.90 Å². The van der Waals surface area contributed by atoms with E-state index in [0.29, 0.717) is 10.7 Å². The summed E-state index contributed by atoms with van der Waals surface area (Å²) in [4.78, 5) is 35.3. The van der Waals surface area contributed by atoms with E-state index in [1.165, 1.54) is 0 Å². The molecule has 0 aliphatic carbocycles. The fraction of sp³-hybridized carbons (Fsp3) is 0.0833. The van der Waals surface area contributed by atoms with E-state index in [-0.39, 0.29) is 10.7 Å². The number of nitrogens with zero attached hydrogens (tertiary/aromatic N) is 1. The lowest BCUT2D eigenvalue weighted by Crippen LogP contribution is -2.30. The van der Waals surface area contributed by atoms with Gasteiger partial charge in [-0.05, 0) is 24.3 Å². The van der Waals surface area contributed by atoms with Gasteiger partial charge >= 0.3 is 5.97 Å². The van der Waals surface area contributed by atoms with Gasteiger partial charge in [-0.1, -0.05) is 11.6 Å². The molecular formula is C12H8ClNO4S. The number of carbonyl (C=O) groups excluding carboxylic acids is 2. The average Bonchev–Trinajstić information content (AvgIpc) is 2.63. The van der Waals surface area contributed by atoms with E-state index in [4.69, 9.17) is 16.7 Å². The zero-order chi connectivity index (χ0) is 14.0. The van der Waals surface area contributed by atoms with Crippen molar-refractivity contribution in [3.8, 4) is 0 Å². The first-order chi connectivity index (χ1) is 8.99. The van der Waals surface area contributed by atoms with Crippen molar-refractivity contribution < 1.29 is 19.5 Å². The molecule has 0 fully saturated rings. The summed E-state index contributed by atoms with van der Waals surface area (Å²) in [6, 6.07) is 6.24. The highest BCUT2D eigenvalue weighted by molar-refractivity contribution is 8.04. The minimum Gasteiger partial charge on any atom is -0.481 e. The third-order valence-electron chi connectivity index (χ3n) is 2.32. The molecule has 19 heavy (non-hydrogen) atoms. The molecule has 1 heterocycles. The maximum atomic E-state index is 12.0. The van der Waals surface area contributed by atoms with Gasteiger partial charge in [0, 0.05) is 11.1 Å². The first-order valence-corrected chi connectivity index (χ1v) is 6.55. The summed E-state index contributed by atoms with van der Waals surface area (Å²) in [5, 5.41) is 9.06. The van der Waals surface area contributed by atoms with Crippen LogP contribution in [0.2, 0.25) is 5.02 Å². The summed E-state index contributed by atoms with van der Waals surface area (Å²) in [6.45, 7) is 0. The smallest absolute Gasteiger partial charge is 0.313 e. The second-order valence-corrected chi connectivity index (χ2v) is 5.10. The number of hydrogen-bond acceptors (Lipinski definition) is 4. The van der Waals surface area contributed by atoms with E-state index in [1.807, 2.05) is 0 Å². The number of aliphatic carboxylic acids is 1. The Labute approximate surface area is 117 Å². The summed E-state index contributed by atoms with van der Waals surface area (Å²) in [5.74, 6) is -2.31. The second kappa shape index (κ2) is 5.46.